The number of hydrogen-bond donors (Lipinski definition) is 2. The fourth-order valence-electron chi connectivity index (χ4n) is 2.56. The number of hydrogen-bond acceptors (Lipinski definition) is 2. The Morgan fingerprint density at radius 3 is 2.54 bits per heavy atom. The van der Waals surface area contributed by atoms with Crippen molar-refractivity contribution in [2.75, 3.05) is 13.6 Å². The molecule has 6 heteroatoms. The van der Waals surface area contributed by atoms with Crippen LogP contribution in [0, 0.1) is 13.8 Å². The zero-order valence-electron chi connectivity index (χ0n) is 14.9. The van der Waals surface area contributed by atoms with Gasteiger partial charge in [-0.25, -0.2) is 0 Å². The van der Waals surface area contributed by atoms with Crippen LogP contribution in [0.1, 0.15) is 36.3 Å². The molecule has 132 valence electrons. The van der Waals surface area contributed by atoms with Crippen LogP contribution in [-0.2, 0) is 6.54 Å². The van der Waals surface area contributed by atoms with E-state index < -0.39 is 0 Å². The van der Waals surface area contributed by atoms with Crippen molar-refractivity contribution in [2.45, 2.75) is 39.8 Å². The van der Waals surface area contributed by atoms with Gasteiger partial charge in [0.2, 0.25) is 0 Å². The number of aliphatic imine (C=N–C) groups is 1. The highest BCUT2D eigenvalue weighted by molar-refractivity contribution is 14.0. The molecule has 5 nitrogen and oxygen atoms in total. The summed E-state index contributed by atoms with van der Waals surface area (Å²) in [5.41, 5.74) is 3.53. The van der Waals surface area contributed by atoms with E-state index in [0.717, 1.165) is 31.2 Å². The van der Waals surface area contributed by atoms with Crippen LogP contribution in [0.4, 0.5) is 0 Å². The summed E-state index contributed by atoms with van der Waals surface area (Å²) >= 11 is 0. The fourth-order valence-corrected chi connectivity index (χ4v) is 2.56. The first-order chi connectivity index (χ1) is 11.1. The minimum Gasteiger partial charge on any atom is -0.356 e. The lowest BCUT2D eigenvalue weighted by Gasteiger charge is -2.18. The molecule has 0 aliphatic carbocycles. The molecular formula is C18H28IN5. The van der Waals surface area contributed by atoms with Crippen LogP contribution in [0.2, 0.25) is 0 Å². The lowest BCUT2D eigenvalue weighted by Crippen LogP contribution is -2.39. The van der Waals surface area contributed by atoms with E-state index in [2.05, 4.69) is 69.6 Å². The molecule has 0 amide bonds. The van der Waals surface area contributed by atoms with Gasteiger partial charge in [-0.3, -0.25) is 9.67 Å². The topological polar surface area (TPSA) is 54.2 Å². The van der Waals surface area contributed by atoms with E-state index in [1.165, 1.54) is 11.3 Å². The lowest BCUT2D eigenvalue weighted by atomic mass is 10.1. The van der Waals surface area contributed by atoms with Gasteiger partial charge in [0, 0.05) is 25.8 Å². The number of benzene rings is 1. The molecule has 1 atom stereocenters. The predicted molar refractivity (Wildman–Crippen MR) is 111 cm³/mol. The van der Waals surface area contributed by atoms with Crippen LogP contribution in [0.5, 0.6) is 0 Å². The van der Waals surface area contributed by atoms with Gasteiger partial charge in [-0.05, 0) is 38.8 Å². The summed E-state index contributed by atoms with van der Waals surface area (Å²) in [5.74, 6) is 0.828. The van der Waals surface area contributed by atoms with E-state index in [9.17, 15) is 0 Å². The third-order valence-corrected chi connectivity index (χ3v) is 3.82. The molecule has 1 aromatic heterocycles. The van der Waals surface area contributed by atoms with Crippen LogP contribution in [-0.4, -0.2) is 29.3 Å². The molecule has 0 fully saturated rings. The summed E-state index contributed by atoms with van der Waals surface area (Å²) in [6, 6.07) is 12.7. The minimum absolute atomic E-state index is 0. The normalized spacial score (nSPS) is 12.4. The number of halogens is 1. The average molecular weight is 441 g/mol. The Morgan fingerprint density at radius 1 is 1.25 bits per heavy atom. The second-order valence-electron chi connectivity index (χ2n) is 5.78. The second kappa shape index (κ2) is 10.3. The highest BCUT2D eigenvalue weighted by Crippen LogP contribution is 2.10. The van der Waals surface area contributed by atoms with Crippen LogP contribution >= 0.6 is 24.0 Å². The zero-order valence-corrected chi connectivity index (χ0v) is 17.2. The highest BCUT2D eigenvalue weighted by atomic mass is 127. The molecule has 0 aliphatic heterocycles. The lowest BCUT2D eigenvalue weighted by molar-refractivity contribution is 0.553. The molecule has 0 aliphatic rings. The number of guanidine groups is 1. The van der Waals surface area contributed by atoms with Crippen molar-refractivity contribution in [1.29, 1.82) is 0 Å². The molecule has 1 heterocycles. The number of rotatable bonds is 6. The van der Waals surface area contributed by atoms with Crippen LogP contribution < -0.4 is 10.6 Å². The van der Waals surface area contributed by atoms with E-state index >= 15 is 0 Å². The summed E-state index contributed by atoms with van der Waals surface area (Å²) in [6.07, 6.45) is 1.00. The standard InChI is InChI=1S/C18H27N5.HI/c1-14-13-15(2)23(22-14)12-8-11-20-18(19-4)21-16(3)17-9-6-5-7-10-17;/h5-7,9-10,13,16H,8,11-12H2,1-4H3,(H2,19,20,21);1H. The molecule has 1 aromatic carbocycles. The third-order valence-electron chi connectivity index (χ3n) is 3.82. The molecule has 0 saturated heterocycles. The van der Waals surface area contributed by atoms with E-state index in [-0.39, 0.29) is 30.0 Å². The van der Waals surface area contributed by atoms with Crippen molar-refractivity contribution < 1.29 is 0 Å². The summed E-state index contributed by atoms with van der Waals surface area (Å²) in [4.78, 5) is 4.29. The van der Waals surface area contributed by atoms with Gasteiger partial charge in [0.05, 0.1) is 11.7 Å². The van der Waals surface area contributed by atoms with Crippen molar-refractivity contribution in [3.05, 3.63) is 53.3 Å². The molecule has 24 heavy (non-hydrogen) atoms. The van der Waals surface area contributed by atoms with Crippen LogP contribution in [0.3, 0.4) is 0 Å². The van der Waals surface area contributed by atoms with Crippen molar-refractivity contribution in [3.63, 3.8) is 0 Å². The first-order valence-corrected chi connectivity index (χ1v) is 8.13. The fraction of sp³-hybridized carbons (Fsp3) is 0.444. The van der Waals surface area contributed by atoms with Gasteiger partial charge in [0.25, 0.3) is 0 Å². The Kier molecular flexibility index (Phi) is 8.81. The molecule has 0 radical (unpaired) electrons. The number of aromatic nitrogens is 2. The second-order valence-corrected chi connectivity index (χ2v) is 5.78. The maximum absolute atomic E-state index is 4.48. The van der Waals surface area contributed by atoms with E-state index in [0.29, 0.717) is 0 Å². The third kappa shape index (κ3) is 6.14. The Hall–Kier alpha value is -1.57. The quantitative estimate of drug-likeness (QED) is 0.313. The molecule has 0 spiro atoms. The number of nitrogens with zero attached hydrogens (tertiary/aromatic N) is 3. The largest absolute Gasteiger partial charge is 0.356 e. The molecule has 2 aromatic rings. The van der Waals surface area contributed by atoms with Crippen molar-refractivity contribution in [1.82, 2.24) is 20.4 Å². The van der Waals surface area contributed by atoms with Gasteiger partial charge < -0.3 is 10.6 Å². The molecule has 2 rings (SSSR count). The molecular weight excluding hydrogens is 413 g/mol. The predicted octanol–water partition coefficient (Wildman–Crippen LogP) is 3.43. The summed E-state index contributed by atoms with van der Waals surface area (Å²) in [7, 11) is 1.80. The summed E-state index contributed by atoms with van der Waals surface area (Å²) < 4.78 is 2.06. The van der Waals surface area contributed by atoms with Gasteiger partial charge in [0.1, 0.15) is 0 Å². The van der Waals surface area contributed by atoms with E-state index in [4.69, 9.17) is 0 Å². The summed E-state index contributed by atoms with van der Waals surface area (Å²) in [5, 5.41) is 11.3. The average Bonchev–Trinajstić information content (AvgIpc) is 2.88. The monoisotopic (exact) mass is 441 g/mol. The Labute approximate surface area is 162 Å². The van der Waals surface area contributed by atoms with Crippen molar-refractivity contribution in [3.8, 4) is 0 Å². The van der Waals surface area contributed by atoms with E-state index in [1.54, 1.807) is 7.05 Å². The SMILES string of the molecule is CN=C(NCCCn1nc(C)cc1C)NC(C)c1ccccc1.I. The highest BCUT2D eigenvalue weighted by Gasteiger charge is 2.07. The maximum Gasteiger partial charge on any atom is 0.191 e. The Balaban J connectivity index is 0.00000288. The van der Waals surface area contributed by atoms with Gasteiger partial charge >= 0.3 is 0 Å². The molecule has 0 bridgehead atoms. The van der Waals surface area contributed by atoms with Gasteiger partial charge in [-0.2, -0.15) is 5.10 Å². The summed E-state index contributed by atoms with van der Waals surface area (Å²) in [6.45, 7) is 8.03. The first kappa shape index (κ1) is 20.5. The van der Waals surface area contributed by atoms with Crippen LogP contribution in [0.15, 0.2) is 41.4 Å². The van der Waals surface area contributed by atoms with Crippen molar-refractivity contribution in [2.24, 2.45) is 4.99 Å². The number of nitrogens with one attached hydrogen (secondary N) is 2. The van der Waals surface area contributed by atoms with Crippen LogP contribution in [0.25, 0.3) is 0 Å². The number of aryl methyl sites for hydroxylation is 3. The van der Waals surface area contributed by atoms with Gasteiger partial charge in [-0.1, -0.05) is 30.3 Å². The first-order valence-electron chi connectivity index (χ1n) is 8.13. The maximum atomic E-state index is 4.48. The minimum atomic E-state index is 0. The molecule has 0 saturated carbocycles. The molecule has 2 N–H and O–H groups in total. The molecule has 1 unspecified atom stereocenters. The van der Waals surface area contributed by atoms with E-state index in [1.807, 2.05) is 13.0 Å². The zero-order chi connectivity index (χ0) is 16.7. The Morgan fingerprint density at radius 2 is 1.96 bits per heavy atom. The van der Waals surface area contributed by atoms with Gasteiger partial charge in [-0.15, -0.1) is 24.0 Å². The Bertz CT molecular complexity index is 636. The van der Waals surface area contributed by atoms with Gasteiger partial charge in [0.15, 0.2) is 5.96 Å². The smallest absolute Gasteiger partial charge is 0.191 e. The van der Waals surface area contributed by atoms with Crippen molar-refractivity contribution >= 4 is 29.9 Å².